The minimum Gasteiger partial charge on any atom is -0.361 e. The van der Waals surface area contributed by atoms with Gasteiger partial charge in [-0.05, 0) is 37.6 Å². The molecule has 17 heavy (non-hydrogen) atoms. The summed E-state index contributed by atoms with van der Waals surface area (Å²) in [4.78, 5) is 14.7. The molecule has 4 nitrogen and oxygen atoms in total. The maximum absolute atomic E-state index is 11.6. The highest BCUT2D eigenvalue weighted by atomic mass is 16.1. The van der Waals surface area contributed by atoms with Gasteiger partial charge in [0.15, 0.2) is 0 Å². The molecule has 1 unspecified atom stereocenters. The Labute approximate surface area is 100 Å². The van der Waals surface area contributed by atoms with Gasteiger partial charge < -0.3 is 16.0 Å². The number of aromatic nitrogens is 1. The van der Waals surface area contributed by atoms with Crippen molar-refractivity contribution in [3.63, 3.8) is 0 Å². The second-order valence-electron chi connectivity index (χ2n) is 4.34. The molecule has 0 aliphatic heterocycles. The number of carbonyl (C=O) groups excluding carboxylic acids is 1. The van der Waals surface area contributed by atoms with Crippen molar-refractivity contribution in [2.75, 3.05) is 5.32 Å². The van der Waals surface area contributed by atoms with Crippen molar-refractivity contribution in [2.45, 2.75) is 25.8 Å². The van der Waals surface area contributed by atoms with Crippen molar-refractivity contribution >= 4 is 22.5 Å². The fourth-order valence-corrected chi connectivity index (χ4v) is 1.71. The monoisotopic (exact) mass is 231 g/mol. The number of benzene rings is 1. The summed E-state index contributed by atoms with van der Waals surface area (Å²) in [6.07, 6.45) is 3.05. The standard InChI is InChI=1S/C13H17N3O/c1-9(14)2-5-13(17)16-11-3-4-12-10(8-11)6-7-15-12/h3-4,6-9,15H,2,5,14H2,1H3,(H,16,17). The lowest BCUT2D eigenvalue weighted by Crippen LogP contribution is -2.19. The van der Waals surface area contributed by atoms with Gasteiger partial charge in [0.1, 0.15) is 0 Å². The van der Waals surface area contributed by atoms with Gasteiger partial charge in [0, 0.05) is 35.2 Å². The van der Waals surface area contributed by atoms with E-state index in [2.05, 4.69) is 10.3 Å². The lowest BCUT2D eigenvalue weighted by Gasteiger charge is -2.07. The molecule has 0 saturated heterocycles. The molecule has 0 aliphatic rings. The molecule has 1 aromatic heterocycles. The highest BCUT2D eigenvalue weighted by molar-refractivity contribution is 5.93. The van der Waals surface area contributed by atoms with Crippen molar-refractivity contribution in [2.24, 2.45) is 5.73 Å². The first-order valence-electron chi connectivity index (χ1n) is 5.78. The van der Waals surface area contributed by atoms with Crippen molar-refractivity contribution in [1.29, 1.82) is 0 Å². The largest absolute Gasteiger partial charge is 0.361 e. The van der Waals surface area contributed by atoms with E-state index in [1.165, 1.54) is 0 Å². The van der Waals surface area contributed by atoms with E-state index < -0.39 is 0 Å². The van der Waals surface area contributed by atoms with Gasteiger partial charge in [-0.1, -0.05) is 0 Å². The van der Waals surface area contributed by atoms with Crippen molar-refractivity contribution < 1.29 is 4.79 Å². The van der Waals surface area contributed by atoms with Gasteiger partial charge in [-0.15, -0.1) is 0 Å². The predicted octanol–water partition coefficient (Wildman–Crippen LogP) is 2.23. The first-order chi connectivity index (χ1) is 8.15. The Balaban J connectivity index is 2.00. The topological polar surface area (TPSA) is 70.9 Å². The summed E-state index contributed by atoms with van der Waals surface area (Å²) in [6, 6.07) is 7.84. The summed E-state index contributed by atoms with van der Waals surface area (Å²) in [6.45, 7) is 1.90. The second kappa shape index (κ2) is 5.01. The number of hydrogen-bond donors (Lipinski definition) is 3. The average Bonchev–Trinajstić information content (AvgIpc) is 2.73. The van der Waals surface area contributed by atoms with Gasteiger partial charge in [-0.25, -0.2) is 0 Å². The number of amides is 1. The molecule has 0 bridgehead atoms. The number of nitrogens with one attached hydrogen (secondary N) is 2. The molecular formula is C13H17N3O. The molecule has 0 radical (unpaired) electrons. The second-order valence-corrected chi connectivity index (χ2v) is 4.34. The Bertz CT molecular complexity index is 516. The SMILES string of the molecule is CC(N)CCC(=O)Nc1ccc2[nH]ccc2c1. The molecule has 0 saturated carbocycles. The van der Waals surface area contributed by atoms with E-state index >= 15 is 0 Å². The lowest BCUT2D eigenvalue weighted by atomic mass is 10.2. The molecule has 2 aromatic rings. The molecule has 4 heteroatoms. The normalized spacial score (nSPS) is 12.6. The maximum Gasteiger partial charge on any atom is 0.224 e. The molecule has 0 fully saturated rings. The van der Waals surface area contributed by atoms with Gasteiger partial charge in [0.2, 0.25) is 5.91 Å². The van der Waals surface area contributed by atoms with E-state index in [4.69, 9.17) is 5.73 Å². The van der Waals surface area contributed by atoms with Crippen LogP contribution in [-0.2, 0) is 4.79 Å². The smallest absolute Gasteiger partial charge is 0.224 e. The van der Waals surface area contributed by atoms with Crippen LogP contribution in [0.2, 0.25) is 0 Å². The first kappa shape index (κ1) is 11.7. The van der Waals surface area contributed by atoms with Crippen LogP contribution in [0.25, 0.3) is 10.9 Å². The molecule has 90 valence electrons. The van der Waals surface area contributed by atoms with Crippen LogP contribution in [0.15, 0.2) is 30.5 Å². The van der Waals surface area contributed by atoms with Crippen LogP contribution < -0.4 is 11.1 Å². The third-order valence-electron chi connectivity index (χ3n) is 2.66. The number of fused-ring (bicyclic) bond motifs is 1. The van der Waals surface area contributed by atoms with Crippen molar-refractivity contribution in [3.8, 4) is 0 Å². The summed E-state index contributed by atoms with van der Waals surface area (Å²) < 4.78 is 0. The summed E-state index contributed by atoms with van der Waals surface area (Å²) in [5.41, 5.74) is 7.50. The van der Waals surface area contributed by atoms with E-state index in [9.17, 15) is 4.79 Å². The molecule has 1 amide bonds. The summed E-state index contributed by atoms with van der Waals surface area (Å²) in [7, 11) is 0. The molecule has 1 aromatic carbocycles. The third-order valence-corrected chi connectivity index (χ3v) is 2.66. The summed E-state index contributed by atoms with van der Waals surface area (Å²) in [5, 5.41) is 3.96. The molecule has 1 heterocycles. The molecular weight excluding hydrogens is 214 g/mol. The zero-order valence-corrected chi connectivity index (χ0v) is 9.86. The number of rotatable bonds is 4. The quantitative estimate of drug-likeness (QED) is 0.755. The summed E-state index contributed by atoms with van der Waals surface area (Å²) in [5.74, 6) is 0.0113. The van der Waals surface area contributed by atoms with Crippen LogP contribution in [0.4, 0.5) is 5.69 Å². The summed E-state index contributed by atoms with van der Waals surface area (Å²) >= 11 is 0. The zero-order chi connectivity index (χ0) is 12.3. The van der Waals surface area contributed by atoms with Crippen LogP contribution in [0.5, 0.6) is 0 Å². The van der Waals surface area contributed by atoms with Crippen LogP contribution in [0.3, 0.4) is 0 Å². The number of carbonyl (C=O) groups is 1. The highest BCUT2D eigenvalue weighted by Gasteiger charge is 2.04. The van der Waals surface area contributed by atoms with Gasteiger partial charge >= 0.3 is 0 Å². The van der Waals surface area contributed by atoms with Gasteiger partial charge in [-0.2, -0.15) is 0 Å². The number of aromatic amines is 1. The molecule has 0 spiro atoms. The van der Waals surface area contributed by atoms with Gasteiger partial charge in [0.25, 0.3) is 0 Å². The number of H-pyrrole nitrogens is 1. The lowest BCUT2D eigenvalue weighted by molar-refractivity contribution is -0.116. The van der Waals surface area contributed by atoms with E-state index in [0.29, 0.717) is 12.8 Å². The Hall–Kier alpha value is -1.81. The number of nitrogens with two attached hydrogens (primary N) is 1. The molecule has 1 atom stereocenters. The Morgan fingerprint density at radius 2 is 2.29 bits per heavy atom. The minimum absolute atomic E-state index is 0.0113. The Morgan fingerprint density at radius 3 is 3.06 bits per heavy atom. The fraction of sp³-hybridized carbons (Fsp3) is 0.308. The molecule has 0 aliphatic carbocycles. The average molecular weight is 231 g/mol. The fourth-order valence-electron chi connectivity index (χ4n) is 1.71. The van der Waals surface area contributed by atoms with Crippen molar-refractivity contribution in [3.05, 3.63) is 30.5 Å². The van der Waals surface area contributed by atoms with E-state index in [-0.39, 0.29) is 11.9 Å². The van der Waals surface area contributed by atoms with Crippen LogP contribution >= 0.6 is 0 Å². The first-order valence-corrected chi connectivity index (χ1v) is 5.78. The van der Waals surface area contributed by atoms with Crippen LogP contribution in [0.1, 0.15) is 19.8 Å². The Morgan fingerprint density at radius 1 is 1.47 bits per heavy atom. The Kier molecular flexibility index (Phi) is 3.44. The van der Waals surface area contributed by atoms with E-state index in [0.717, 1.165) is 16.6 Å². The zero-order valence-electron chi connectivity index (χ0n) is 9.86. The van der Waals surface area contributed by atoms with E-state index in [1.54, 1.807) is 0 Å². The maximum atomic E-state index is 11.6. The molecule has 2 rings (SSSR count). The minimum atomic E-state index is 0.0113. The third kappa shape index (κ3) is 3.07. The van der Waals surface area contributed by atoms with Gasteiger partial charge in [0.05, 0.1) is 0 Å². The van der Waals surface area contributed by atoms with Crippen LogP contribution in [0, 0.1) is 0 Å². The molecule has 4 N–H and O–H groups in total. The van der Waals surface area contributed by atoms with Crippen LogP contribution in [-0.4, -0.2) is 16.9 Å². The number of hydrogen-bond acceptors (Lipinski definition) is 2. The highest BCUT2D eigenvalue weighted by Crippen LogP contribution is 2.17. The van der Waals surface area contributed by atoms with Gasteiger partial charge in [-0.3, -0.25) is 4.79 Å². The van der Waals surface area contributed by atoms with E-state index in [1.807, 2.05) is 37.4 Å². The predicted molar refractivity (Wildman–Crippen MR) is 69.8 cm³/mol. The van der Waals surface area contributed by atoms with Crippen molar-refractivity contribution in [1.82, 2.24) is 4.98 Å². The number of anilines is 1.